The molecule has 145 valence electrons. The number of benzene rings is 2. The van der Waals surface area contributed by atoms with E-state index >= 15 is 0 Å². The lowest BCUT2D eigenvalue weighted by atomic mass is 10.1. The van der Waals surface area contributed by atoms with Crippen molar-refractivity contribution < 1.29 is 13.9 Å². The van der Waals surface area contributed by atoms with Crippen LogP contribution < -0.4 is 9.47 Å². The van der Waals surface area contributed by atoms with Gasteiger partial charge in [0.1, 0.15) is 5.01 Å². The second-order valence-electron chi connectivity index (χ2n) is 6.34. The Bertz CT molecular complexity index is 1270. The molecule has 0 spiro atoms. The predicted octanol–water partition coefficient (Wildman–Crippen LogP) is 4.92. The molecule has 0 amide bonds. The molecule has 4 aromatic rings. The Morgan fingerprint density at radius 1 is 1.21 bits per heavy atom. The summed E-state index contributed by atoms with van der Waals surface area (Å²) >= 11 is 1.38. The van der Waals surface area contributed by atoms with Gasteiger partial charge in [-0.1, -0.05) is 6.92 Å². The first kappa shape index (κ1) is 19.0. The number of aromatic nitrogens is 3. The molecule has 2 aromatic heterocycles. The zero-order valence-corrected chi connectivity index (χ0v) is 16.7. The Hall–Kier alpha value is -3.31. The smallest absolute Gasteiger partial charge is 0.232 e. The first-order valence-corrected chi connectivity index (χ1v) is 9.65. The van der Waals surface area contributed by atoms with Crippen LogP contribution in [0.3, 0.4) is 0 Å². The van der Waals surface area contributed by atoms with Crippen LogP contribution in [-0.4, -0.2) is 28.2 Å². The normalized spacial score (nSPS) is 12.1. The van der Waals surface area contributed by atoms with Crippen molar-refractivity contribution in [2.24, 2.45) is 0 Å². The highest BCUT2D eigenvalue weighted by Gasteiger charge is 2.17. The molecule has 4 rings (SSSR count). The summed E-state index contributed by atoms with van der Waals surface area (Å²) in [5.74, 6) is 0.0650. The maximum absolute atomic E-state index is 14.4. The Labute approximate surface area is 170 Å². The molecule has 0 fully saturated rings. The highest BCUT2D eigenvalue weighted by Crippen LogP contribution is 2.37. The van der Waals surface area contributed by atoms with Gasteiger partial charge in [0.15, 0.2) is 11.6 Å². The van der Waals surface area contributed by atoms with E-state index in [4.69, 9.17) is 9.47 Å². The van der Waals surface area contributed by atoms with Crippen LogP contribution in [0.5, 0.6) is 11.6 Å². The molecule has 1 atom stereocenters. The van der Waals surface area contributed by atoms with Crippen molar-refractivity contribution in [1.82, 2.24) is 15.0 Å². The van der Waals surface area contributed by atoms with Crippen LogP contribution in [0.4, 0.5) is 4.39 Å². The number of thiazole rings is 1. The quantitative estimate of drug-likeness (QED) is 0.467. The summed E-state index contributed by atoms with van der Waals surface area (Å²) in [5, 5.41) is 10.0. The minimum absolute atomic E-state index is 0.179. The third kappa shape index (κ3) is 3.57. The zero-order valence-electron chi connectivity index (χ0n) is 15.9. The van der Waals surface area contributed by atoms with Crippen molar-refractivity contribution in [3.8, 4) is 28.3 Å². The number of rotatable bonds is 5. The van der Waals surface area contributed by atoms with Crippen molar-refractivity contribution in [2.45, 2.75) is 20.0 Å². The van der Waals surface area contributed by atoms with Crippen LogP contribution in [0.15, 0.2) is 30.5 Å². The SMILES string of the molecule is C[CH][C@H](C)Oc1cc2sc(-c3cc(C#N)cc4nc(OC)cnc34)nc2cc1F. The molecule has 0 aliphatic rings. The molecule has 29 heavy (non-hydrogen) atoms. The van der Waals surface area contributed by atoms with Crippen LogP contribution in [0.1, 0.15) is 19.4 Å². The van der Waals surface area contributed by atoms with E-state index in [1.807, 2.05) is 20.3 Å². The molecular formula is C21H16FN4O2S. The van der Waals surface area contributed by atoms with Crippen LogP contribution >= 0.6 is 11.3 Å². The maximum atomic E-state index is 14.4. The van der Waals surface area contributed by atoms with E-state index in [2.05, 4.69) is 21.0 Å². The molecule has 2 heterocycles. The minimum atomic E-state index is -0.469. The summed E-state index contributed by atoms with van der Waals surface area (Å²) in [6, 6.07) is 8.50. The molecule has 0 saturated heterocycles. The fraction of sp³-hybridized carbons (Fsp3) is 0.190. The van der Waals surface area contributed by atoms with Gasteiger partial charge in [-0.15, -0.1) is 11.3 Å². The Morgan fingerprint density at radius 3 is 2.76 bits per heavy atom. The fourth-order valence-electron chi connectivity index (χ4n) is 2.84. The third-order valence-electron chi connectivity index (χ3n) is 4.42. The van der Waals surface area contributed by atoms with Crippen molar-refractivity contribution >= 4 is 32.6 Å². The van der Waals surface area contributed by atoms with Gasteiger partial charge in [0.2, 0.25) is 5.88 Å². The van der Waals surface area contributed by atoms with Gasteiger partial charge in [0.05, 0.1) is 52.3 Å². The van der Waals surface area contributed by atoms with Crippen molar-refractivity contribution in [3.05, 3.63) is 48.3 Å². The maximum Gasteiger partial charge on any atom is 0.232 e. The predicted molar refractivity (Wildman–Crippen MR) is 109 cm³/mol. The van der Waals surface area contributed by atoms with Crippen molar-refractivity contribution in [2.75, 3.05) is 7.11 Å². The minimum Gasteiger partial charge on any atom is -0.487 e. The summed E-state index contributed by atoms with van der Waals surface area (Å²) in [5.41, 5.74) is 2.72. The molecule has 0 aliphatic carbocycles. The number of fused-ring (bicyclic) bond motifs is 2. The number of ether oxygens (including phenoxy) is 2. The summed E-state index contributed by atoms with van der Waals surface area (Å²) < 4.78 is 26.0. The van der Waals surface area contributed by atoms with E-state index in [1.165, 1.54) is 30.7 Å². The van der Waals surface area contributed by atoms with Crippen LogP contribution in [-0.2, 0) is 0 Å². The molecule has 1 radical (unpaired) electrons. The van der Waals surface area contributed by atoms with Crippen LogP contribution in [0.25, 0.3) is 31.8 Å². The first-order chi connectivity index (χ1) is 14.0. The van der Waals surface area contributed by atoms with Gasteiger partial charge < -0.3 is 9.47 Å². The molecule has 6 nitrogen and oxygen atoms in total. The Kier molecular flexibility index (Phi) is 4.99. The molecule has 0 aliphatic heterocycles. The first-order valence-electron chi connectivity index (χ1n) is 8.84. The zero-order chi connectivity index (χ0) is 20.5. The molecule has 2 aromatic carbocycles. The number of nitrogens with zero attached hydrogens (tertiary/aromatic N) is 4. The van der Waals surface area contributed by atoms with Gasteiger partial charge in [-0.2, -0.15) is 5.26 Å². The summed E-state index contributed by atoms with van der Waals surface area (Å²) in [6.45, 7) is 3.70. The van der Waals surface area contributed by atoms with Crippen molar-refractivity contribution in [1.29, 1.82) is 5.26 Å². The summed E-state index contributed by atoms with van der Waals surface area (Å²) in [6.07, 6.45) is 3.14. The van der Waals surface area contributed by atoms with Gasteiger partial charge in [-0.25, -0.2) is 19.3 Å². The molecule has 8 heteroatoms. The Balaban J connectivity index is 1.88. The molecule has 0 saturated carbocycles. The molecule has 0 bridgehead atoms. The van der Waals surface area contributed by atoms with Gasteiger partial charge in [0.25, 0.3) is 0 Å². The lowest BCUT2D eigenvalue weighted by Gasteiger charge is -2.12. The lowest BCUT2D eigenvalue weighted by Crippen LogP contribution is -2.11. The third-order valence-corrected chi connectivity index (χ3v) is 5.47. The van der Waals surface area contributed by atoms with E-state index in [0.29, 0.717) is 38.6 Å². The Morgan fingerprint density at radius 2 is 2.03 bits per heavy atom. The van der Waals surface area contributed by atoms with E-state index in [1.54, 1.807) is 18.2 Å². The highest BCUT2D eigenvalue weighted by molar-refractivity contribution is 7.21. The lowest BCUT2D eigenvalue weighted by molar-refractivity contribution is 0.243. The monoisotopic (exact) mass is 407 g/mol. The summed E-state index contributed by atoms with van der Waals surface area (Å²) in [4.78, 5) is 13.4. The summed E-state index contributed by atoms with van der Waals surface area (Å²) in [7, 11) is 1.50. The molecule has 0 unspecified atom stereocenters. The number of nitriles is 1. The van der Waals surface area contributed by atoms with Gasteiger partial charge in [-0.3, -0.25) is 0 Å². The van der Waals surface area contributed by atoms with Gasteiger partial charge in [-0.05, 0) is 25.5 Å². The number of hydrogen-bond donors (Lipinski definition) is 0. The van der Waals surface area contributed by atoms with Crippen LogP contribution in [0.2, 0.25) is 0 Å². The van der Waals surface area contributed by atoms with E-state index in [9.17, 15) is 9.65 Å². The van der Waals surface area contributed by atoms with E-state index < -0.39 is 5.82 Å². The largest absolute Gasteiger partial charge is 0.487 e. The molecular weight excluding hydrogens is 391 g/mol. The second kappa shape index (κ2) is 7.60. The average Bonchev–Trinajstić information content (AvgIpc) is 3.14. The van der Waals surface area contributed by atoms with E-state index in [-0.39, 0.29) is 11.9 Å². The number of halogens is 1. The van der Waals surface area contributed by atoms with Gasteiger partial charge >= 0.3 is 0 Å². The number of hydrogen-bond acceptors (Lipinski definition) is 7. The number of methoxy groups -OCH3 is 1. The highest BCUT2D eigenvalue weighted by atomic mass is 32.1. The standard InChI is InChI=1S/C21H16FN4O2S/c1-4-11(2)28-17-8-18-15(7-14(17)22)26-21(29-18)13-5-12(9-23)6-16-20(13)24-10-19(25-16)27-3/h4-8,10-11H,1-3H3/t11-/m0/s1. The van der Waals surface area contributed by atoms with Crippen LogP contribution in [0, 0.1) is 23.6 Å². The van der Waals surface area contributed by atoms with Gasteiger partial charge in [0, 0.05) is 17.7 Å². The van der Waals surface area contributed by atoms with E-state index in [0.717, 1.165) is 4.70 Å². The fourth-order valence-corrected chi connectivity index (χ4v) is 3.83. The average molecular weight is 407 g/mol. The second-order valence-corrected chi connectivity index (χ2v) is 7.37. The van der Waals surface area contributed by atoms with Crippen molar-refractivity contribution in [3.63, 3.8) is 0 Å². The topological polar surface area (TPSA) is 80.9 Å². The molecule has 0 N–H and O–H groups in total.